The molecule has 0 saturated heterocycles. The molecule has 0 radical (unpaired) electrons. The van der Waals surface area contributed by atoms with E-state index in [1.54, 1.807) is 0 Å². The zero-order valence-electron chi connectivity index (χ0n) is 8.82. The lowest BCUT2D eigenvalue weighted by Gasteiger charge is -2.05. The maximum atomic E-state index is 11.9. The summed E-state index contributed by atoms with van der Waals surface area (Å²) in [7, 11) is 0. The molecule has 7 heteroatoms. The van der Waals surface area contributed by atoms with Gasteiger partial charge in [-0.3, -0.25) is 9.59 Å². The van der Waals surface area contributed by atoms with Gasteiger partial charge in [0, 0.05) is 5.56 Å². The van der Waals surface area contributed by atoms with Gasteiger partial charge in [0.25, 0.3) is 0 Å². The van der Waals surface area contributed by atoms with Crippen molar-refractivity contribution in [3.8, 4) is 0 Å². The fourth-order valence-corrected chi connectivity index (χ4v) is 1.17. The van der Waals surface area contributed by atoms with E-state index >= 15 is 0 Å². The van der Waals surface area contributed by atoms with Crippen LogP contribution in [0.5, 0.6) is 0 Å². The molecule has 0 spiro atoms. The molecular formula is C11H7F3O4. The molecule has 0 saturated carbocycles. The molecule has 0 aliphatic heterocycles. The summed E-state index contributed by atoms with van der Waals surface area (Å²) in [4.78, 5) is 32.6. The second-order valence-corrected chi connectivity index (χ2v) is 3.41. The van der Waals surface area contributed by atoms with Gasteiger partial charge in [0.2, 0.25) is 5.78 Å². The van der Waals surface area contributed by atoms with E-state index in [1.807, 2.05) is 0 Å². The molecule has 0 aliphatic carbocycles. The summed E-state index contributed by atoms with van der Waals surface area (Å²) in [6.45, 7) is 0. The third kappa shape index (κ3) is 3.41. The predicted molar refractivity (Wildman–Crippen MR) is 53.4 cm³/mol. The van der Waals surface area contributed by atoms with Gasteiger partial charge in [-0.05, 0) is 12.1 Å². The highest BCUT2D eigenvalue weighted by Gasteiger charge is 2.39. The van der Waals surface area contributed by atoms with Gasteiger partial charge < -0.3 is 5.11 Å². The molecule has 0 fully saturated rings. The molecule has 1 aromatic carbocycles. The quantitative estimate of drug-likeness (QED) is 0.664. The van der Waals surface area contributed by atoms with Crippen LogP contribution in [0.25, 0.3) is 0 Å². The number of Topliss-reactive ketones (excluding diaryl/α,β-unsaturated/α-hetero) is 2. The smallest absolute Gasteiger partial charge is 0.450 e. The summed E-state index contributed by atoms with van der Waals surface area (Å²) in [5.74, 6) is -4.54. The van der Waals surface area contributed by atoms with Gasteiger partial charge in [-0.15, -0.1) is 0 Å². The normalized spacial score (nSPS) is 11.1. The number of carbonyl (C=O) groups excluding carboxylic acids is 2. The number of halogens is 3. The van der Waals surface area contributed by atoms with Crippen LogP contribution in [0, 0.1) is 0 Å². The van der Waals surface area contributed by atoms with Crippen LogP contribution in [0.1, 0.15) is 27.1 Å². The lowest BCUT2D eigenvalue weighted by atomic mass is 10.0. The number of ketones is 2. The van der Waals surface area contributed by atoms with Crippen LogP contribution in [0.4, 0.5) is 13.2 Å². The van der Waals surface area contributed by atoms with E-state index in [0.717, 1.165) is 12.1 Å². The van der Waals surface area contributed by atoms with E-state index in [4.69, 9.17) is 5.11 Å². The van der Waals surface area contributed by atoms with Crippen LogP contribution in [0.3, 0.4) is 0 Å². The molecule has 0 bridgehead atoms. The molecule has 1 rings (SSSR count). The summed E-state index contributed by atoms with van der Waals surface area (Å²) in [5, 5.41) is 8.64. The molecule has 18 heavy (non-hydrogen) atoms. The van der Waals surface area contributed by atoms with E-state index in [9.17, 15) is 27.6 Å². The number of carbonyl (C=O) groups is 3. The Kier molecular flexibility index (Phi) is 3.85. The van der Waals surface area contributed by atoms with Crippen LogP contribution in [-0.4, -0.2) is 28.8 Å². The molecule has 0 unspecified atom stereocenters. The molecule has 0 atom stereocenters. The number of carboxylic acids is 1. The first kappa shape index (κ1) is 13.9. The molecule has 0 aromatic heterocycles. The van der Waals surface area contributed by atoms with Gasteiger partial charge in [0.05, 0.1) is 12.0 Å². The predicted octanol–water partition coefficient (Wildman–Crippen LogP) is 2.09. The average molecular weight is 260 g/mol. The molecule has 1 aromatic rings. The molecule has 1 N–H and O–H groups in total. The highest BCUT2D eigenvalue weighted by molar-refractivity contribution is 6.10. The first-order chi connectivity index (χ1) is 8.21. The summed E-state index contributed by atoms with van der Waals surface area (Å²) >= 11 is 0. The maximum absolute atomic E-state index is 11.9. The lowest BCUT2D eigenvalue weighted by Crippen LogP contribution is -2.25. The Balaban J connectivity index is 2.89. The van der Waals surface area contributed by atoms with E-state index in [-0.39, 0.29) is 11.1 Å². The number of carboxylic acid groups (broad SMARTS) is 1. The van der Waals surface area contributed by atoms with Crippen molar-refractivity contribution >= 4 is 17.5 Å². The molecule has 0 aliphatic rings. The summed E-state index contributed by atoms with van der Waals surface area (Å²) in [5.41, 5.74) is -0.479. The fourth-order valence-electron chi connectivity index (χ4n) is 1.17. The van der Waals surface area contributed by atoms with Gasteiger partial charge in [0.1, 0.15) is 0 Å². The Hall–Kier alpha value is -2.18. The zero-order valence-corrected chi connectivity index (χ0v) is 8.82. The van der Waals surface area contributed by atoms with E-state index in [0.29, 0.717) is 0 Å². The average Bonchev–Trinajstić information content (AvgIpc) is 2.27. The van der Waals surface area contributed by atoms with Gasteiger partial charge in [-0.1, -0.05) is 12.1 Å². The largest absolute Gasteiger partial charge is 0.478 e. The van der Waals surface area contributed by atoms with Gasteiger partial charge >= 0.3 is 12.1 Å². The Morgan fingerprint density at radius 2 is 1.67 bits per heavy atom. The third-order valence-electron chi connectivity index (χ3n) is 2.07. The summed E-state index contributed by atoms with van der Waals surface area (Å²) < 4.78 is 35.8. The second-order valence-electron chi connectivity index (χ2n) is 3.41. The SMILES string of the molecule is O=C(O)c1cccc(C(=O)CC(=O)C(F)(F)F)c1. The Morgan fingerprint density at radius 1 is 1.11 bits per heavy atom. The fraction of sp³-hybridized carbons (Fsp3) is 0.182. The van der Waals surface area contributed by atoms with Crippen LogP contribution in [-0.2, 0) is 4.79 Å². The van der Waals surface area contributed by atoms with Crippen LogP contribution >= 0.6 is 0 Å². The van der Waals surface area contributed by atoms with Crippen LogP contribution in [0.2, 0.25) is 0 Å². The van der Waals surface area contributed by atoms with Gasteiger partial charge in [-0.25, -0.2) is 4.79 Å². The first-order valence-electron chi connectivity index (χ1n) is 4.68. The number of aromatic carboxylic acids is 1. The van der Waals surface area contributed by atoms with Crippen LogP contribution in [0.15, 0.2) is 24.3 Å². The number of alkyl halides is 3. The van der Waals surface area contributed by atoms with E-state index in [2.05, 4.69) is 0 Å². The molecule has 96 valence electrons. The highest BCUT2D eigenvalue weighted by Crippen LogP contribution is 2.19. The van der Waals surface area contributed by atoms with Crippen molar-refractivity contribution in [2.24, 2.45) is 0 Å². The van der Waals surface area contributed by atoms with E-state index in [1.165, 1.54) is 12.1 Å². The van der Waals surface area contributed by atoms with Gasteiger partial charge in [-0.2, -0.15) is 13.2 Å². The standard InChI is InChI=1S/C11H7F3O4/c12-11(13,14)9(16)5-8(15)6-2-1-3-7(4-6)10(17)18/h1-4H,5H2,(H,17,18). The Bertz CT molecular complexity index is 505. The maximum Gasteiger partial charge on any atom is 0.450 e. The Labute approximate surface area is 99.0 Å². The zero-order chi connectivity index (χ0) is 13.9. The minimum absolute atomic E-state index is 0.236. The van der Waals surface area contributed by atoms with Crippen molar-refractivity contribution in [3.05, 3.63) is 35.4 Å². The third-order valence-corrected chi connectivity index (χ3v) is 2.07. The number of hydrogen-bond acceptors (Lipinski definition) is 3. The van der Waals surface area contributed by atoms with Gasteiger partial charge in [0.15, 0.2) is 5.78 Å². The summed E-state index contributed by atoms with van der Waals surface area (Å²) in [6.07, 6.45) is -6.40. The minimum Gasteiger partial charge on any atom is -0.478 e. The van der Waals surface area contributed by atoms with Crippen molar-refractivity contribution in [2.75, 3.05) is 0 Å². The molecule has 0 heterocycles. The lowest BCUT2D eigenvalue weighted by molar-refractivity contribution is -0.170. The van der Waals surface area contributed by atoms with Crippen molar-refractivity contribution in [2.45, 2.75) is 12.6 Å². The first-order valence-corrected chi connectivity index (χ1v) is 4.68. The van der Waals surface area contributed by atoms with E-state index < -0.39 is 30.1 Å². The molecular weight excluding hydrogens is 253 g/mol. The minimum atomic E-state index is -5.07. The topological polar surface area (TPSA) is 71.4 Å². The number of hydrogen-bond donors (Lipinski definition) is 1. The van der Waals surface area contributed by atoms with Crippen molar-refractivity contribution in [1.82, 2.24) is 0 Å². The van der Waals surface area contributed by atoms with Crippen LogP contribution < -0.4 is 0 Å². The number of rotatable bonds is 4. The number of benzene rings is 1. The molecule has 0 amide bonds. The Morgan fingerprint density at radius 3 is 2.17 bits per heavy atom. The molecule has 4 nitrogen and oxygen atoms in total. The van der Waals surface area contributed by atoms with Crippen molar-refractivity contribution in [3.63, 3.8) is 0 Å². The van der Waals surface area contributed by atoms with Crippen molar-refractivity contribution in [1.29, 1.82) is 0 Å². The monoisotopic (exact) mass is 260 g/mol. The second kappa shape index (κ2) is 4.99. The highest BCUT2D eigenvalue weighted by atomic mass is 19.4. The van der Waals surface area contributed by atoms with Crippen molar-refractivity contribution < 1.29 is 32.7 Å². The summed E-state index contributed by atoms with van der Waals surface area (Å²) in [6, 6.07) is 4.48.